The van der Waals surface area contributed by atoms with Crippen LogP contribution in [0.3, 0.4) is 0 Å². The van der Waals surface area contributed by atoms with Crippen LogP contribution < -0.4 is 4.57 Å². The third-order valence-electron chi connectivity index (χ3n) is 3.72. The molecular formula is C12H18N3O2+. The quantitative estimate of drug-likeness (QED) is 0.616. The van der Waals surface area contributed by atoms with Crippen LogP contribution in [0.25, 0.3) is 0 Å². The number of amides is 1. The molecule has 3 rings (SSSR count). The average Bonchev–Trinajstić information content (AvgIpc) is 2.95. The van der Waals surface area contributed by atoms with E-state index in [9.17, 15) is 4.79 Å². The summed E-state index contributed by atoms with van der Waals surface area (Å²) in [4.78, 5) is 14.3. The molecule has 0 bridgehead atoms. The molecule has 5 nitrogen and oxygen atoms in total. The van der Waals surface area contributed by atoms with Gasteiger partial charge in [-0.15, -0.1) is 0 Å². The minimum absolute atomic E-state index is 0.0748. The monoisotopic (exact) mass is 236 g/mol. The molecule has 0 radical (unpaired) electrons. The van der Waals surface area contributed by atoms with Gasteiger partial charge in [-0.2, -0.15) is 4.57 Å². The first-order valence-electron chi connectivity index (χ1n) is 6.21. The lowest BCUT2D eigenvalue weighted by molar-refractivity contribution is -0.670. The molecule has 1 saturated carbocycles. The molecular weight excluding hydrogens is 218 g/mol. The molecule has 1 aliphatic heterocycles. The lowest BCUT2D eigenvalue weighted by atomic mass is 10.1. The van der Waals surface area contributed by atoms with Crippen molar-refractivity contribution in [3.05, 3.63) is 18.7 Å². The third kappa shape index (κ3) is 1.84. The molecule has 1 amide bonds. The van der Waals surface area contributed by atoms with Gasteiger partial charge >= 0.3 is 6.03 Å². The lowest BCUT2D eigenvalue weighted by Gasteiger charge is -2.35. The molecule has 0 N–H and O–H groups in total. The van der Waals surface area contributed by atoms with Crippen LogP contribution in [-0.4, -0.2) is 40.8 Å². The fraction of sp³-hybridized carbons (Fsp3) is 0.667. The third-order valence-corrected chi connectivity index (χ3v) is 3.72. The van der Waals surface area contributed by atoms with Crippen LogP contribution in [0.15, 0.2) is 18.7 Å². The summed E-state index contributed by atoms with van der Waals surface area (Å²) in [6.45, 7) is 1.38. The molecule has 2 heterocycles. The van der Waals surface area contributed by atoms with Crippen LogP contribution in [0.5, 0.6) is 0 Å². The van der Waals surface area contributed by atoms with Gasteiger partial charge in [0.05, 0.1) is 25.8 Å². The fourth-order valence-electron chi connectivity index (χ4n) is 2.87. The van der Waals surface area contributed by atoms with Crippen molar-refractivity contribution in [3.8, 4) is 0 Å². The molecule has 1 aliphatic carbocycles. The van der Waals surface area contributed by atoms with E-state index in [4.69, 9.17) is 4.74 Å². The molecule has 2 aliphatic rings. The van der Waals surface area contributed by atoms with Crippen molar-refractivity contribution in [2.45, 2.75) is 31.4 Å². The smallest absolute Gasteiger partial charge is 0.374 e. The number of hydrogen-bond acceptors (Lipinski definition) is 2. The van der Waals surface area contributed by atoms with E-state index in [1.165, 1.54) is 6.42 Å². The molecule has 2 unspecified atom stereocenters. The zero-order valence-electron chi connectivity index (χ0n) is 10.1. The Labute approximate surface area is 101 Å². The highest BCUT2D eigenvalue weighted by Crippen LogP contribution is 2.29. The topological polar surface area (TPSA) is 38.3 Å². The van der Waals surface area contributed by atoms with E-state index in [1.807, 2.05) is 35.2 Å². The van der Waals surface area contributed by atoms with Crippen LogP contribution in [0.1, 0.15) is 19.3 Å². The van der Waals surface area contributed by atoms with Gasteiger partial charge in [-0.3, -0.25) is 4.90 Å². The van der Waals surface area contributed by atoms with Crippen LogP contribution in [0.2, 0.25) is 0 Å². The number of ether oxygens (including phenoxy) is 1. The van der Waals surface area contributed by atoms with Crippen LogP contribution in [0.4, 0.5) is 4.79 Å². The average molecular weight is 236 g/mol. The second kappa shape index (κ2) is 4.14. The number of rotatable bonds is 0. The van der Waals surface area contributed by atoms with Crippen LogP contribution >= 0.6 is 0 Å². The molecule has 1 aromatic rings. The summed E-state index contributed by atoms with van der Waals surface area (Å²) < 4.78 is 9.25. The van der Waals surface area contributed by atoms with Gasteiger partial charge in [-0.05, 0) is 19.3 Å². The first kappa shape index (κ1) is 10.8. The minimum atomic E-state index is 0.0748. The normalized spacial score (nSPS) is 28.2. The first-order valence-corrected chi connectivity index (χ1v) is 6.21. The highest BCUT2D eigenvalue weighted by molar-refractivity contribution is 5.77. The zero-order chi connectivity index (χ0) is 11.8. The summed E-state index contributed by atoms with van der Waals surface area (Å²) in [7, 11) is 1.92. The summed E-state index contributed by atoms with van der Waals surface area (Å²) in [5.74, 6) is 0. The second-order valence-corrected chi connectivity index (χ2v) is 4.87. The van der Waals surface area contributed by atoms with Crippen molar-refractivity contribution in [1.29, 1.82) is 0 Å². The Morgan fingerprint density at radius 1 is 1.47 bits per heavy atom. The summed E-state index contributed by atoms with van der Waals surface area (Å²) in [6, 6.07) is 0.356. The summed E-state index contributed by atoms with van der Waals surface area (Å²) in [5, 5.41) is 0. The Hall–Kier alpha value is -1.36. The van der Waals surface area contributed by atoms with Crippen molar-refractivity contribution in [2.24, 2.45) is 7.05 Å². The number of fused-ring (bicyclic) bond motifs is 1. The number of aryl methyl sites for hydroxylation is 1. The lowest BCUT2D eigenvalue weighted by Crippen LogP contribution is -2.52. The summed E-state index contributed by atoms with van der Waals surface area (Å²) in [5.41, 5.74) is 0. The number of carbonyl (C=O) groups is 1. The molecule has 17 heavy (non-hydrogen) atoms. The number of morpholine rings is 1. The molecule has 1 saturated heterocycles. The maximum atomic E-state index is 12.4. The van der Waals surface area contributed by atoms with E-state index in [1.54, 1.807) is 4.57 Å². The number of aromatic nitrogens is 2. The Morgan fingerprint density at radius 2 is 2.35 bits per heavy atom. The van der Waals surface area contributed by atoms with Gasteiger partial charge in [0, 0.05) is 6.54 Å². The first-order chi connectivity index (χ1) is 8.25. The molecule has 2 atom stereocenters. The Balaban J connectivity index is 1.81. The van der Waals surface area contributed by atoms with Gasteiger partial charge in [0.1, 0.15) is 12.4 Å². The van der Waals surface area contributed by atoms with Crippen molar-refractivity contribution in [2.75, 3.05) is 13.2 Å². The zero-order valence-corrected chi connectivity index (χ0v) is 10.1. The predicted molar refractivity (Wildman–Crippen MR) is 60.5 cm³/mol. The molecule has 0 spiro atoms. The Bertz CT molecular complexity index is 429. The molecule has 92 valence electrons. The van der Waals surface area contributed by atoms with Crippen LogP contribution in [0, 0.1) is 0 Å². The number of imidazole rings is 1. The largest absolute Gasteiger partial charge is 0.416 e. The maximum Gasteiger partial charge on any atom is 0.416 e. The number of carbonyl (C=O) groups excluding carboxylic acids is 1. The van der Waals surface area contributed by atoms with Crippen molar-refractivity contribution < 1.29 is 14.1 Å². The van der Waals surface area contributed by atoms with Gasteiger partial charge in [-0.1, -0.05) is 0 Å². The van der Waals surface area contributed by atoms with Gasteiger partial charge < -0.3 is 4.74 Å². The SMILES string of the molecule is C[n+]1ccn(C(=O)N2CCOC3CCCC32)c1. The van der Waals surface area contributed by atoms with Crippen LogP contribution in [-0.2, 0) is 11.8 Å². The van der Waals surface area contributed by atoms with Gasteiger partial charge in [0.25, 0.3) is 6.33 Å². The fourth-order valence-corrected chi connectivity index (χ4v) is 2.87. The molecule has 1 aromatic heterocycles. The van der Waals surface area contributed by atoms with Gasteiger partial charge in [0.15, 0.2) is 0 Å². The highest BCUT2D eigenvalue weighted by atomic mass is 16.5. The molecule has 5 heteroatoms. The Morgan fingerprint density at radius 3 is 3.12 bits per heavy atom. The predicted octanol–water partition coefficient (Wildman–Crippen LogP) is 0.534. The second-order valence-electron chi connectivity index (χ2n) is 4.87. The van der Waals surface area contributed by atoms with E-state index in [0.29, 0.717) is 13.2 Å². The molecule has 2 fully saturated rings. The number of nitrogens with zero attached hydrogens (tertiary/aromatic N) is 3. The van der Waals surface area contributed by atoms with Crippen molar-refractivity contribution in [3.63, 3.8) is 0 Å². The number of hydrogen-bond donors (Lipinski definition) is 0. The minimum Gasteiger partial charge on any atom is -0.374 e. The maximum absolute atomic E-state index is 12.4. The van der Waals surface area contributed by atoms with Crippen molar-refractivity contribution in [1.82, 2.24) is 9.47 Å². The standard InChI is InChI=1S/C12H18N3O2/c1-13-5-6-14(9-13)12(16)15-7-8-17-11-4-2-3-10(11)15/h5-6,9-11H,2-4,7-8H2,1H3/q+1. The Kier molecular flexibility index (Phi) is 2.63. The molecule has 0 aromatic carbocycles. The van der Waals surface area contributed by atoms with E-state index in [-0.39, 0.29) is 18.2 Å². The van der Waals surface area contributed by atoms with Gasteiger partial charge in [0.2, 0.25) is 0 Å². The van der Waals surface area contributed by atoms with E-state index < -0.39 is 0 Å². The van der Waals surface area contributed by atoms with Gasteiger partial charge in [-0.25, -0.2) is 9.36 Å². The van der Waals surface area contributed by atoms with E-state index >= 15 is 0 Å². The highest BCUT2D eigenvalue weighted by Gasteiger charge is 2.40. The summed E-state index contributed by atoms with van der Waals surface area (Å²) in [6.07, 6.45) is 9.08. The summed E-state index contributed by atoms with van der Waals surface area (Å²) >= 11 is 0. The van der Waals surface area contributed by atoms with E-state index in [2.05, 4.69) is 0 Å². The van der Waals surface area contributed by atoms with E-state index in [0.717, 1.165) is 12.8 Å². The van der Waals surface area contributed by atoms with Crippen molar-refractivity contribution >= 4 is 6.03 Å².